The Hall–Kier alpha value is -1.36. The molecule has 0 N–H and O–H groups in total. The van der Waals surface area contributed by atoms with E-state index in [1.54, 1.807) is 0 Å². The monoisotopic (exact) mass is 306 g/mol. The molecular formula is C16H22N2O2S. The van der Waals surface area contributed by atoms with E-state index in [9.17, 15) is 9.59 Å². The lowest BCUT2D eigenvalue weighted by molar-refractivity contribution is -0.144. The third-order valence-electron chi connectivity index (χ3n) is 4.80. The van der Waals surface area contributed by atoms with Gasteiger partial charge in [0.2, 0.25) is 5.91 Å². The molecule has 3 heterocycles. The summed E-state index contributed by atoms with van der Waals surface area (Å²) in [6, 6.07) is 3.80. The van der Waals surface area contributed by atoms with Crippen LogP contribution in [-0.4, -0.2) is 46.8 Å². The van der Waals surface area contributed by atoms with E-state index >= 15 is 0 Å². The summed E-state index contributed by atoms with van der Waals surface area (Å²) in [6.07, 6.45) is 4.66. The van der Waals surface area contributed by atoms with Crippen LogP contribution in [0.2, 0.25) is 0 Å². The largest absolute Gasteiger partial charge is 0.336 e. The molecule has 114 valence electrons. The predicted octanol–water partition coefficient (Wildman–Crippen LogP) is 2.76. The van der Waals surface area contributed by atoms with Crippen molar-refractivity contribution in [3.05, 3.63) is 22.4 Å². The maximum atomic E-state index is 12.6. The minimum atomic E-state index is -0.116. The second-order valence-electron chi connectivity index (χ2n) is 6.02. The summed E-state index contributed by atoms with van der Waals surface area (Å²) in [5.41, 5.74) is -0.116. The number of amides is 2. The Morgan fingerprint density at radius 2 is 2.19 bits per heavy atom. The van der Waals surface area contributed by atoms with Crippen molar-refractivity contribution in [2.24, 2.45) is 0 Å². The Labute approximate surface area is 129 Å². The van der Waals surface area contributed by atoms with Gasteiger partial charge in [0.05, 0.1) is 10.4 Å². The molecule has 1 atom stereocenters. The zero-order chi connectivity index (χ0) is 14.9. The third kappa shape index (κ3) is 2.59. The predicted molar refractivity (Wildman–Crippen MR) is 83.4 cm³/mol. The molecule has 2 aliphatic rings. The molecule has 2 saturated heterocycles. The second-order valence-corrected chi connectivity index (χ2v) is 6.97. The Bertz CT molecular complexity index is 524. The molecule has 1 spiro atoms. The number of carbonyl (C=O) groups excluding carboxylic acids is 2. The van der Waals surface area contributed by atoms with Crippen molar-refractivity contribution in [1.82, 2.24) is 9.80 Å². The van der Waals surface area contributed by atoms with E-state index in [1.165, 1.54) is 11.3 Å². The van der Waals surface area contributed by atoms with Crippen LogP contribution < -0.4 is 0 Å². The Balaban J connectivity index is 1.81. The first-order valence-electron chi connectivity index (χ1n) is 7.79. The first-order chi connectivity index (χ1) is 10.2. The van der Waals surface area contributed by atoms with E-state index in [0.29, 0.717) is 13.0 Å². The zero-order valence-corrected chi connectivity index (χ0v) is 13.3. The van der Waals surface area contributed by atoms with Gasteiger partial charge in [0, 0.05) is 26.1 Å². The summed E-state index contributed by atoms with van der Waals surface area (Å²) < 4.78 is 0. The van der Waals surface area contributed by atoms with Gasteiger partial charge in [0.15, 0.2) is 0 Å². The smallest absolute Gasteiger partial charge is 0.263 e. The molecule has 0 aliphatic carbocycles. The summed E-state index contributed by atoms with van der Waals surface area (Å²) in [6.45, 7) is 4.30. The van der Waals surface area contributed by atoms with Crippen LogP contribution in [0.4, 0.5) is 0 Å². The van der Waals surface area contributed by atoms with Crippen molar-refractivity contribution >= 4 is 23.2 Å². The van der Waals surface area contributed by atoms with Crippen molar-refractivity contribution in [3.8, 4) is 0 Å². The maximum absolute atomic E-state index is 12.6. The van der Waals surface area contributed by atoms with Crippen LogP contribution in [0.1, 0.15) is 48.7 Å². The number of rotatable bonds is 2. The molecule has 0 bridgehead atoms. The number of hydrogen-bond donors (Lipinski definition) is 0. The fourth-order valence-electron chi connectivity index (χ4n) is 3.88. The van der Waals surface area contributed by atoms with Crippen molar-refractivity contribution in [1.29, 1.82) is 0 Å². The van der Waals surface area contributed by atoms with E-state index in [0.717, 1.165) is 43.6 Å². The van der Waals surface area contributed by atoms with E-state index < -0.39 is 0 Å². The topological polar surface area (TPSA) is 40.6 Å². The first-order valence-corrected chi connectivity index (χ1v) is 8.67. The highest BCUT2D eigenvalue weighted by atomic mass is 32.1. The van der Waals surface area contributed by atoms with Crippen molar-refractivity contribution < 1.29 is 9.59 Å². The molecule has 2 aliphatic heterocycles. The minimum absolute atomic E-state index is 0.116. The van der Waals surface area contributed by atoms with Gasteiger partial charge >= 0.3 is 0 Å². The highest BCUT2D eigenvalue weighted by molar-refractivity contribution is 7.12. The van der Waals surface area contributed by atoms with Gasteiger partial charge in [-0.1, -0.05) is 6.07 Å². The van der Waals surface area contributed by atoms with Crippen molar-refractivity contribution in [2.75, 3.05) is 19.6 Å². The lowest BCUT2D eigenvalue weighted by Gasteiger charge is -2.51. The second kappa shape index (κ2) is 5.79. The Morgan fingerprint density at radius 1 is 1.38 bits per heavy atom. The number of hydrogen-bond acceptors (Lipinski definition) is 3. The average molecular weight is 306 g/mol. The summed E-state index contributed by atoms with van der Waals surface area (Å²) in [7, 11) is 0. The fourth-order valence-corrected chi connectivity index (χ4v) is 4.57. The highest BCUT2D eigenvalue weighted by Crippen LogP contribution is 2.37. The lowest BCUT2D eigenvalue weighted by atomic mass is 9.79. The van der Waals surface area contributed by atoms with Crippen LogP contribution in [0.5, 0.6) is 0 Å². The van der Waals surface area contributed by atoms with E-state index in [4.69, 9.17) is 0 Å². The molecule has 2 amide bonds. The molecule has 0 aromatic carbocycles. The zero-order valence-electron chi connectivity index (χ0n) is 12.5. The molecular weight excluding hydrogens is 284 g/mol. The van der Waals surface area contributed by atoms with Gasteiger partial charge in [0.1, 0.15) is 0 Å². The quantitative estimate of drug-likeness (QED) is 0.843. The number of thiophene rings is 1. The van der Waals surface area contributed by atoms with Crippen LogP contribution in [0.15, 0.2) is 17.5 Å². The third-order valence-corrected chi connectivity index (χ3v) is 5.66. The Morgan fingerprint density at radius 3 is 2.90 bits per heavy atom. The van der Waals surface area contributed by atoms with Crippen LogP contribution in [0, 0.1) is 0 Å². The number of likely N-dealkylation sites (N-methyl/N-ethyl adjacent to an activating group) is 1. The molecule has 1 aromatic heterocycles. The van der Waals surface area contributed by atoms with Crippen molar-refractivity contribution in [2.45, 2.75) is 44.6 Å². The van der Waals surface area contributed by atoms with E-state index in [1.807, 2.05) is 34.2 Å². The van der Waals surface area contributed by atoms with Crippen LogP contribution >= 0.6 is 11.3 Å². The van der Waals surface area contributed by atoms with Gasteiger partial charge in [-0.15, -0.1) is 11.3 Å². The lowest BCUT2D eigenvalue weighted by Crippen LogP contribution is -2.63. The van der Waals surface area contributed by atoms with Crippen LogP contribution in [-0.2, 0) is 4.79 Å². The molecule has 0 radical (unpaired) electrons. The molecule has 5 heteroatoms. The van der Waals surface area contributed by atoms with Gasteiger partial charge in [-0.3, -0.25) is 9.59 Å². The summed E-state index contributed by atoms with van der Waals surface area (Å²) in [5, 5.41) is 1.94. The molecule has 0 unspecified atom stereocenters. The summed E-state index contributed by atoms with van der Waals surface area (Å²) in [5.74, 6) is 0.382. The highest BCUT2D eigenvalue weighted by Gasteiger charge is 2.45. The molecule has 2 fully saturated rings. The normalized spacial score (nSPS) is 26.4. The maximum Gasteiger partial charge on any atom is 0.263 e. The number of carbonyl (C=O) groups is 2. The number of nitrogens with zero attached hydrogens (tertiary/aromatic N) is 2. The van der Waals surface area contributed by atoms with Crippen LogP contribution in [0.3, 0.4) is 0 Å². The summed E-state index contributed by atoms with van der Waals surface area (Å²) >= 11 is 1.50. The van der Waals surface area contributed by atoms with E-state index in [2.05, 4.69) is 0 Å². The average Bonchev–Trinajstić information content (AvgIpc) is 3.01. The molecule has 3 rings (SSSR count). The first kappa shape index (κ1) is 14.6. The summed E-state index contributed by atoms with van der Waals surface area (Å²) in [4.78, 5) is 29.6. The molecule has 21 heavy (non-hydrogen) atoms. The SMILES string of the molecule is CCN1C(=O)CCC[C@]12CCCN(C(=O)c1cccs1)C2. The van der Waals surface area contributed by atoms with Gasteiger partial charge in [0.25, 0.3) is 5.91 Å². The van der Waals surface area contributed by atoms with Gasteiger partial charge in [-0.25, -0.2) is 0 Å². The molecule has 4 nitrogen and oxygen atoms in total. The van der Waals surface area contributed by atoms with Gasteiger partial charge in [-0.2, -0.15) is 0 Å². The molecule has 1 aromatic rings. The molecule has 0 saturated carbocycles. The van der Waals surface area contributed by atoms with E-state index in [-0.39, 0.29) is 17.4 Å². The number of piperidine rings is 2. The standard InChI is InChI=1S/C16H22N2O2S/c1-2-18-14(19)7-3-8-16(18)9-5-10-17(12-16)15(20)13-6-4-11-21-13/h4,6,11H,2-3,5,7-10,12H2,1H3/t16-/m1/s1. The van der Waals surface area contributed by atoms with Crippen molar-refractivity contribution in [3.63, 3.8) is 0 Å². The minimum Gasteiger partial charge on any atom is -0.336 e. The Kier molecular flexibility index (Phi) is 4.02. The van der Waals surface area contributed by atoms with Gasteiger partial charge < -0.3 is 9.80 Å². The number of likely N-dealkylation sites (tertiary alicyclic amines) is 2. The van der Waals surface area contributed by atoms with Crippen LogP contribution in [0.25, 0.3) is 0 Å². The van der Waals surface area contributed by atoms with Gasteiger partial charge in [-0.05, 0) is 44.1 Å². The fraction of sp³-hybridized carbons (Fsp3) is 0.625.